The maximum absolute atomic E-state index is 9.78. The zero-order valence-electron chi connectivity index (χ0n) is 15.3. The minimum atomic E-state index is -0.300. The summed E-state index contributed by atoms with van der Waals surface area (Å²) in [6, 6.07) is 2.58. The van der Waals surface area contributed by atoms with E-state index in [9.17, 15) is 15.3 Å². The van der Waals surface area contributed by atoms with Crippen molar-refractivity contribution in [3.05, 3.63) is 52.6 Å². The lowest BCUT2D eigenvalue weighted by molar-refractivity contribution is 0.395. The highest BCUT2D eigenvalue weighted by molar-refractivity contribution is 5.49. The van der Waals surface area contributed by atoms with E-state index < -0.39 is 0 Å². The highest BCUT2D eigenvalue weighted by atomic mass is 16.3. The molecule has 0 radical (unpaired) electrons. The summed E-state index contributed by atoms with van der Waals surface area (Å²) in [5, 5.41) is 28.6. The monoisotopic (exact) mass is 330 g/mol. The summed E-state index contributed by atoms with van der Waals surface area (Å²) >= 11 is 0. The fraction of sp³-hybridized carbons (Fsp3) is 0.429. The van der Waals surface area contributed by atoms with Crippen LogP contribution in [0, 0.1) is 0 Å². The molecule has 24 heavy (non-hydrogen) atoms. The van der Waals surface area contributed by atoms with Gasteiger partial charge in [-0.2, -0.15) is 0 Å². The van der Waals surface area contributed by atoms with Gasteiger partial charge in [-0.05, 0) is 65.9 Å². The van der Waals surface area contributed by atoms with Gasteiger partial charge in [-0.1, -0.05) is 34.9 Å². The normalized spacial score (nSPS) is 12.3. The van der Waals surface area contributed by atoms with Crippen molar-refractivity contribution in [1.29, 1.82) is 0 Å². The summed E-state index contributed by atoms with van der Waals surface area (Å²) in [5.74, 6) is -0.501. The summed E-state index contributed by atoms with van der Waals surface area (Å²) in [6.07, 6.45) is 11.3. The number of phenolic OH excluding ortho intramolecular Hbond substituents is 3. The van der Waals surface area contributed by atoms with Crippen LogP contribution in [0.2, 0.25) is 0 Å². The second-order valence-electron chi connectivity index (χ2n) is 6.63. The predicted octanol–water partition coefficient (Wildman–Crippen LogP) is 5.77. The molecule has 0 saturated carbocycles. The van der Waals surface area contributed by atoms with E-state index in [4.69, 9.17) is 0 Å². The third kappa shape index (κ3) is 7.40. The molecule has 0 aromatic heterocycles. The maximum atomic E-state index is 9.78. The second-order valence-corrected chi connectivity index (χ2v) is 6.63. The first-order chi connectivity index (χ1) is 11.3. The Labute approximate surface area is 145 Å². The molecule has 1 rings (SSSR count). The lowest BCUT2D eigenvalue weighted by Gasteiger charge is -2.06. The molecule has 0 fully saturated rings. The molecule has 3 heteroatoms. The molecule has 0 heterocycles. The average Bonchev–Trinajstić information content (AvgIpc) is 2.49. The fourth-order valence-corrected chi connectivity index (χ4v) is 2.40. The van der Waals surface area contributed by atoms with E-state index in [0.717, 1.165) is 25.7 Å². The van der Waals surface area contributed by atoms with Crippen LogP contribution < -0.4 is 0 Å². The molecule has 0 unspecified atom stereocenters. The number of hydrogen-bond donors (Lipinski definition) is 3. The Balaban J connectivity index is 2.48. The molecular weight excluding hydrogens is 300 g/mol. The van der Waals surface area contributed by atoms with E-state index in [1.165, 1.54) is 28.9 Å². The minimum absolute atomic E-state index is 0.00404. The quantitative estimate of drug-likeness (QED) is 0.322. The van der Waals surface area contributed by atoms with Crippen molar-refractivity contribution >= 4 is 0 Å². The molecule has 0 aliphatic carbocycles. The molecule has 3 N–H and O–H groups in total. The Bertz CT molecular complexity index is 633. The van der Waals surface area contributed by atoms with Crippen LogP contribution in [0.4, 0.5) is 0 Å². The van der Waals surface area contributed by atoms with E-state index in [2.05, 4.69) is 45.9 Å². The Morgan fingerprint density at radius 1 is 0.750 bits per heavy atom. The number of allylic oxidation sites excluding steroid dienone is 6. The Morgan fingerprint density at radius 2 is 1.29 bits per heavy atom. The third-order valence-electron chi connectivity index (χ3n) is 3.97. The average molecular weight is 330 g/mol. The van der Waals surface area contributed by atoms with Crippen molar-refractivity contribution in [2.75, 3.05) is 0 Å². The number of aromatic hydroxyl groups is 3. The lowest BCUT2D eigenvalue weighted by atomic mass is 10.0. The molecule has 0 bridgehead atoms. The summed E-state index contributed by atoms with van der Waals surface area (Å²) in [4.78, 5) is 0. The fourth-order valence-electron chi connectivity index (χ4n) is 2.40. The zero-order chi connectivity index (χ0) is 18.1. The van der Waals surface area contributed by atoms with E-state index in [0.29, 0.717) is 12.0 Å². The first-order valence-electron chi connectivity index (χ1n) is 8.48. The molecule has 0 amide bonds. The highest BCUT2D eigenvalue weighted by Crippen LogP contribution is 2.32. The van der Waals surface area contributed by atoms with Gasteiger partial charge in [0.15, 0.2) is 11.5 Å². The Hall–Kier alpha value is -2.16. The van der Waals surface area contributed by atoms with Crippen LogP contribution in [0.1, 0.15) is 58.9 Å². The van der Waals surface area contributed by atoms with Crippen LogP contribution in [-0.2, 0) is 6.42 Å². The molecule has 0 saturated heterocycles. The van der Waals surface area contributed by atoms with E-state index in [1.807, 2.05) is 0 Å². The molecule has 0 aliphatic rings. The molecule has 0 aliphatic heterocycles. The van der Waals surface area contributed by atoms with Crippen LogP contribution >= 0.6 is 0 Å². The van der Waals surface area contributed by atoms with Crippen LogP contribution in [0.3, 0.4) is 0 Å². The van der Waals surface area contributed by atoms with Gasteiger partial charge in [0.05, 0.1) is 0 Å². The number of rotatable bonds is 8. The van der Waals surface area contributed by atoms with Gasteiger partial charge in [-0.3, -0.25) is 0 Å². The van der Waals surface area contributed by atoms with E-state index >= 15 is 0 Å². The smallest absolute Gasteiger partial charge is 0.161 e. The Kier molecular flexibility index (Phi) is 8.17. The summed E-state index contributed by atoms with van der Waals surface area (Å²) in [5.41, 5.74) is 4.64. The molecule has 132 valence electrons. The van der Waals surface area contributed by atoms with Gasteiger partial charge in [0.2, 0.25) is 0 Å². The number of benzene rings is 1. The van der Waals surface area contributed by atoms with Crippen molar-refractivity contribution in [2.45, 2.75) is 59.8 Å². The van der Waals surface area contributed by atoms with Gasteiger partial charge in [0, 0.05) is 11.6 Å². The van der Waals surface area contributed by atoms with Gasteiger partial charge in [0.25, 0.3) is 0 Å². The van der Waals surface area contributed by atoms with Gasteiger partial charge < -0.3 is 15.3 Å². The molecule has 1 aromatic rings. The third-order valence-corrected chi connectivity index (χ3v) is 3.97. The lowest BCUT2D eigenvalue weighted by Crippen LogP contribution is -1.86. The molecule has 3 nitrogen and oxygen atoms in total. The van der Waals surface area contributed by atoms with E-state index in [-0.39, 0.29) is 17.2 Å². The van der Waals surface area contributed by atoms with Crippen LogP contribution in [0.25, 0.3) is 0 Å². The topological polar surface area (TPSA) is 60.7 Å². The predicted molar refractivity (Wildman–Crippen MR) is 101 cm³/mol. The summed E-state index contributed by atoms with van der Waals surface area (Å²) in [7, 11) is 0. The molecule has 1 aromatic carbocycles. The number of phenols is 3. The van der Waals surface area contributed by atoms with Gasteiger partial charge >= 0.3 is 0 Å². The number of hydrogen-bond acceptors (Lipinski definition) is 3. The van der Waals surface area contributed by atoms with Crippen molar-refractivity contribution < 1.29 is 15.3 Å². The van der Waals surface area contributed by atoms with E-state index in [1.54, 1.807) is 0 Å². The van der Waals surface area contributed by atoms with Gasteiger partial charge in [-0.15, -0.1) is 0 Å². The first-order valence-corrected chi connectivity index (χ1v) is 8.48. The largest absolute Gasteiger partial charge is 0.508 e. The zero-order valence-corrected chi connectivity index (χ0v) is 15.3. The first kappa shape index (κ1) is 19.9. The van der Waals surface area contributed by atoms with Gasteiger partial charge in [-0.25, -0.2) is 0 Å². The van der Waals surface area contributed by atoms with Crippen molar-refractivity contribution in [3.8, 4) is 17.2 Å². The van der Waals surface area contributed by atoms with Crippen LogP contribution in [0.15, 0.2) is 47.1 Å². The SMILES string of the molecule is CC(C)=CCCC(C)=CCCC(C)=CCc1cc(O)c(O)cc1O. The highest BCUT2D eigenvalue weighted by Gasteiger charge is 2.06. The summed E-state index contributed by atoms with van der Waals surface area (Å²) < 4.78 is 0. The van der Waals surface area contributed by atoms with Crippen molar-refractivity contribution in [3.63, 3.8) is 0 Å². The molecule has 0 spiro atoms. The van der Waals surface area contributed by atoms with Crippen molar-refractivity contribution in [1.82, 2.24) is 0 Å². The minimum Gasteiger partial charge on any atom is -0.508 e. The molecular formula is C21H30O3. The second kappa shape index (κ2) is 9.86. The summed E-state index contributed by atoms with van der Waals surface area (Å²) in [6.45, 7) is 8.50. The Morgan fingerprint density at radius 3 is 1.92 bits per heavy atom. The van der Waals surface area contributed by atoms with Crippen molar-refractivity contribution in [2.24, 2.45) is 0 Å². The standard InChI is InChI=1S/C21H30O3/c1-15(2)7-5-8-16(3)9-6-10-17(4)11-12-18-13-20(23)21(24)14-19(18)22/h7,9,11,13-14,22-24H,5-6,8,10,12H2,1-4H3. The maximum Gasteiger partial charge on any atom is 0.161 e. The molecule has 0 atom stereocenters. The van der Waals surface area contributed by atoms with Crippen LogP contribution in [0.5, 0.6) is 17.2 Å². The van der Waals surface area contributed by atoms with Crippen LogP contribution in [-0.4, -0.2) is 15.3 Å². The van der Waals surface area contributed by atoms with Gasteiger partial charge in [0.1, 0.15) is 5.75 Å².